The van der Waals surface area contributed by atoms with Gasteiger partial charge >= 0.3 is 0 Å². The van der Waals surface area contributed by atoms with Crippen LogP contribution in [0.2, 0.25) is 0 Å². The minimum atomic E-state index is -0.204. The first-order valence-corrected chi connectivity index (χ1v) is 8.55. The predicted octanol–water partition coefficient (Wildman–Crippen LogP) is 0.986. The van der Waals surface area contributed by atoms with E-state index in [4.69, 9.17) is 11.5 Å². The zero-order chi connectivity index (χ0) is 17.5. The molecule has 0 radical (unpaired) electrons. The zero-order valence-corrected chi connectivity index (χ0v) is 14.5. The Morgan fingerprint density at radius 1 is 1.46 bits per heavy atom. The van der Waals surface area contributed by atoms with E-state index in [9.17, 15) is 4.79 Å². The number of piperidine rings is 1. The first kappa shape index (κ1) is 18.0. The van der Waals surface area contributed by atoms with Crippen molar-refractivity contribution in [2.75, 3.05) is 18.0 Å². The van der Waals surface area contributed by atoms with E-state index in [0.29, 0.717) is 18.5 Å². The van der Waals surface area contributed by atoms with E-state index in [-0.39, 0.29) is 11.8 Å². The quantitative estimate of drug-likeness (QED) is 0.531. The number of guanidine groups is 1. The number of nitrogens with two attached hydrogens (primary N) is 2. The van der Waals surface area contributed by atoms with Crippen LogP contribution in [0.5, 0.6) is 0 Å². The third kappa shape index (κ3) is 4.84. The number of amides is 1. The molecule has 0 aliphatic carbocycles. The third-order valence-electron chi connectivity index (χ3n) is 4.49. The summed E-state index contributed by atoms with van der Waals surface area (Å²) >= 11 is 0. The van der Waals surface area contributed by atoms with Gasteiger partial charge in [0, 0.05) is 36.8 Å². The Kier molecular flexibility index (Phi) is 6.40. The molecule has 1 fully saturated rings. The van der Waals surface area contributed by atoms with E-state index < -0.39 is 0 Å². The Labute approximate surface area is 143 Å². The number of primary amides is 1. The molecule has 2 heterocycles. The van der Waals surface area contributed by atoms with Crippen LogP contribution in [0.25, 0.3) is 0 Å². The monoisotopic (exact) mass is 332 g/mol. The molecule has 1 atom stereocenters. The molecule has 5 N–H and O–H groups in total. The van der Waals surface area contributed by atoms with E-state index in [2.05, 4.69) is 34.0 Å². The number of pyridine rings is 1. The van der Waals surface area contributed by atoms with Crippen LogP contribution >= 0.6 is 0 Å². The lowest BCUT2D eigenvalue weighted by molar-refractivity contribution is -0.122. The van der Waals surface area contributed by atoms with E-state index in [1.165, 1.54) is 0 Å². The topological polar surface area (TPSA) is 110 Å². The molecule has 1 saturated heterocycles. The first-order valence-electron chi connectivity index (χ1n) is 8.55. The van der Waals surface area contributed by atoms with Crippen LogP contribution in [0.15, 0.2) is 23.3 Å². The Morgan fingerprint density at radius 2 is 2.17 bits per heavy atom. The first-order chi connectivity index (χ1) is 11.5. The number of carbonyl (C=O) groups excluding carboxylic acids is 1. The summed E-state index contributed by atoms with van der Waals surface area (Å²) in [6, 6.07) is 4.22. The molecule has 1 amide bonds. The van der Waals surface area contributed by atoms with Crippen LogP contribution < -0.4 is 21.7 Å². The molecular formula is C17H28N6O. The summed E-state index contributed by atoms with van der Waals surface area (Å²) in [5.74, 6) is 1.14. The normalized spacial score (nSPS) is 17.6. The SMILES string of the molecule is CCC(C)NC(N)=NCc1cccnc1N1CCC(C(N)=O)CC1. The summed E-state index contributed by atoms with van der Waals surface area (Å²) in [7, 11) is 0. The summed E-state index contributed by atoms with van der Waals surface area (Å²) in [4.78, 5) is 22.4. The lowest BCUT2D eigenvalue weighted by Gasteiger charge is -2.32. The van der Waals surface area contributed by atoms with Crippen molar-refractivity contribution in [3.05, 3.63) is 23.9 Å². The van der Waals surface area contributed by atoms with Crippen LogP contribution in [0, 0.1) is 5.92 Å². The maximum atomic E-state index is 11.3. The highest BCUT2D eigenvalue weighted by Gasteiger charge is 2.24. The molecule has 0 spiro atoms. The van der Waals surface area contributed by atoms with Crippen LogP contribution in [0.3, 0.4) is 0 Å². The number of hydrogen-bond acceptors (Lipinski definition) is 4. The second-order valence-corrected chi connectivity index (χ2v) is 6.30. The summed E-state index contributed by atoms with van der Waals surface area (Å²) in [6.07, 6.45) is 4.31. The van der Waals surface area contributed by atoms with Gasteiger partial charge in [0.2, 0.25) is 5.91 Å². The molecule has 1 aliphatic heterocycles. The summed E-state index contributed by atoms with van der Waals surface area (Å²) in [6.45, 7) is 6.21. The van der Waals surface area contributed by atoms with Crippen molar-refractivity contribution in [3.8, 4) is 0 Å². The highest BCUT2D eigenvalue weighted by Crippen LogP contribution is 2.24. The molecule has 7 heteroatoms. The fourth-order valence-electron chi connectivity index (χ4n) is 2.78. The molecule has 1 aromatic heterocycles. The molecule has 132 valence electrons. The molecule has 0 bridgehead atoms. The molecule has 1 unspecified atom stereocenters. The van der Waals surface area contributed by atoms with Crippen LogP contribution in [0.1, 0.15) is 38.7 Å². The van der Waals surface area contributed by atoms with E-state index >= 15 is 0 Å². The molecule has 7 nitrogen and oxygen atoms in total. The van der Waals surface area contributed by atoms with Gasteiger partial charge in [-0.1, -0.05) is 13.0 Å². The second-order valence-electron chi connectivity index (χ2n) is 6.30. The Balaban J connectivity index is 2.03. The van der Waals surface area contributed by atoms with Gasteiger partial charge in [0.1, 0.15) is 5.82 Å². The number of anilines is 1. The molecule has 0 saturated carbocycles. The number of nitrogens with zero attached hydrogens (tertiary/aromatic N) is 3. The highest BCUT2D eigenvalue weighted by atomic mass is 16.1. The Morgan fingerprint density at radius 3 is 2.79 bits per heavy atom. The van der Waals surface area contributed by atoms with Gasteiger partial charge in [0.25, 0.3) is 0 Å². The van der Waals surface area contributed by atoms with Crippen molar-refractivity contribution in [3.63, 3.8) is 0 Å². The predicted molar refractivity (Wildman–Crippen MR) is 96.6 cm³/mol. The van der Waals surface area contributed by atoms with Gasteiger partial charge in [-0.2, -0.15) is 0 Å². The third-order valence-corrected chi connectivity index (χ3v) is 4.49. The summed E-state index contributed by atoms with van der Waals surface area (Å²) in [5, 5.41) is 3.16. The highest BCUT2D eigenvalue weighted by molar-refractivity contribution is 5.78. The fourth-order valence-corrected chi connectivity index (χ4v) is 2.78. The molecule has 1 aromatic rings. The number of aliphatic imine (C=N–C) groups is 1. The minimum Gasteiger partial charge on any atom is -0.370 e. The lowest BCUT2D eigenvalue weighted by atomic mass is 9.96. The molecule has 2 rings (SSSR count). The Bertz CT molecular complexity index is 580. The van der Waals surface area contributed by atoms with Gasteiger partial charge in [-0.05, 0) is 32.3 Å². The van der Waals surface area contributed by atoms with Crippen molar-refractivity contribution in [2.45, 2.75) is 45.7 Å². The van der Waals surface area contributed by atoms with Crippen molar-refractivity contribution in [1.29, 1.82) is 0 Å². The molecule has 24 heavy (non-hydrogen) atoms. The van der Waals surface area contributed by atoms with Gasteiger partial charge in [-0.15, -0.1) is 0 Å². The van der Waals surface area contributed by atoms with Gasteiger partial charge in [-0.25, -0.2) is 9.98 Å². The van der Waals surface area contributed by atoms with Gasteiger partial charge in [0.15, 0.2) is 5.96 Å². The number of rotatable bonds is 6. The van der Waals surface area contributed by atoms with Crippen molar-refractivity contribution in [2.24, 2.45) is 22.4 Å². The average molecular weight is 332 g/mol. The number of aromatic nitrogens is 1. The summed E-state index contributed by atoms with van der Waals surface area (Å²) in [5.41, 5.74) is 12.4. The van der Waals surface area contributed by atoms with Crippen LogP contribution in [0.4, 0.5) is 5.82 Å². The van der Waals surface area contributed by atoms with Crippen molar-refractivity contribution < 1.29 is 4.79 Å². The van der Waals surface area contributed by atoms with E-state index in [0.717, 1.165) is 43.7 Å². The molecule has 1 aliphatic rings. The zero-order valence-electron chi connectivity index (χ0n) is 14.5. The van der Waals surface area contributed by atoms with Gasteiger partial charge in [0.05, 0.1) is 6.54 Å². The van der Waals surface area contributed by atoms with Crippen molar-refractivity contribution in [1.82, 2.24) is 10.3 Å². The lowest BCUT2D eigenvalue weighted by Crippen LogP contribution is -2.39. The number of carbonyl (C=O) groups is 1. The number of hydrogen-bond donors (Lipinski definition) is 3. The molecule has 0 aromatic carbocycles. The van der Waals surface area contributed by atoms with E-state index in [1.54, 1.807) is 6.20 Å². The smallest absolute Gasteiger partial charge is 0.220 e. The minimum absolute atomic E-state index is 0.0261. The summed E-state index contributed by atoms with van der Waals surface area (Å²) < 4.78 is 0. The maximum absolute atomic E-state index is 11.3. The number of nitrogens with one attached hydrogen (secondary N) is 1. The van der Waals surface area contributed by atoms with Crippen LogP contribution in [-0.4, -0.2) is 36.0 Å². The van der Waals surface area contributed by atoms with Gasteiger partial charge in [-0.3, -0.25) is 4.79 Å². The standard InChI is InChI=1S/C17H28N6O/c1-3-12(2)22-17(19)21-11-14-5-4-8-20-16(14)23-9-6-13(7-10-23)15(18)24/h4-5,8,12-13H,3,6-7,9-11H2,1-2H3,(H2,18,24)(H3,19,21,22). The largest absolute Gasteiger partial charge is 0.370 e. The average Bonchev–Trinajstić information content (AvgIpc) is 2.60. The van der Waals surface area contributed by atoms with Crippen molar-refractivity contribution >= 4 is 17.7 Å². The molecular weight excluding hydrogens is 304 g/mol. The van der Waals surface area contributed by atoms with Crippen LogP contribution in [-0.2, 0) is 11.3 Å². The van der Waals surface area contributed by atoms with E-state index in [1.807, 2.05) is 12.1 Å². The Hall–Kier alpha value is -2.31. The fraction of sp³-hybridized carbons (Fsp3) is 0.588. The van der Waals surface area contributed by atoms with Gasteiger partial charge < -0.3 is 21.7 Å². The second kappa shape index (κ2) is 8.52. The maximum Gasteiger partial charge on any atom is 0.220 e.